The van der Waals surface area contributed by atoms with Crippen LogP contribution in [0.15, 0.2) is 0 Å². The Morgan fingerprint density at radius 1 is 1.22 bits per heavy atom. The first-order valence-electron chi connectivity index (χ1n) is 6.99. The molecule has 0 amide bonds. The Labute approximate surface area is 110 Å². The lowest BCUT2D eigenvalue weighted by Crippen LogP contribution is -2.52. The van der Waals surface area contributed by atoms with Crippen molar-refractivity contribution in [3.8, 4) is 0 Å². The molecule has 18 heavy (non-hydrogen) atoms. The van der Waals surface area contributed by atoms with E-state index in [0.717, 1.165) is 52.5 Å². The first-order valence-corrected chi connectivity index (χ1v) is 6.99. The van der Waals surface area contributed by atoms with Gasteiger partial charge in [-0.2, -0.15) is 0 Å². The zero-order valence-corrected chi connectivity index (χ0v) is 11.5. The van der Waals surface area contributed by atoms with Crippen molar-refractivity contribution in [2.75, 3.05) is 52.5 Å². The average Bonchev–Trinajstić information content (AvgIpc) is 2.35. The number of β-amino-alcohol motifs (C(OH)–C–C–N with tert-alkyl or cyclic N) is 1. The standard InChI is InChI=1S/C13H26N2O3/c1-11-10-18-12(2)7-15(11)9-13(16)8-14-3-5-17-6-4-14/h11-13,16H,3-10H2,1-2H3. The fourth-order valence-electron chi connectivity index (χ4n) is 2.64. The van der Waals surface area contributed by atoms with Crippen LogP contribution in [0.1, 0.15) is 13.8 Å². The number of hydrogen-bond acceptors (Lipinski definition) is 5. The van der Waals surface area contributed by atoms with Gasteiger partial charge in [-0.15, -0.1) is 0 Å². The van der Waals surface area contributed by atoms with Crippen LogP contribution in [0.2, 0.25) is 0 Å². The molecule has 0 bridgehead atoms. The Bertz CT molecular complexity index is 246. The van der Waals surface area contributed by atoms with Gasteiger partial charge in [-0.05, 0) is 13.8 Å². The third kappa shape index (κ3) is 4.17. The number of aliphatic hydroxyl groups is 1. The van der Waals surface area contributed by atoms with Crippen molar-refractivity contribution in [1.29, 1.82) is 0 Å². The maximum Gasteiger partial charge on any atom is 0.0793 e. The Morgan fingerprint density at radius 2 is 1.94 bits per heavy atom. The summed E-state index contributed by atoms with van der Waals surface area (Å²) in [5.41, 5.74) is 0. The van der Waals surface area contributed by atoms with E-state index in [1.807, 2.05) is 0 Å². The SMILES string of the molecule is CC1CN(CC(O)CN2CCOCC2)C(C)CO1. The van der Waals surface area contributed by atoms with Crippen LogP contribution < -0.4 is 0 Å². The zero-order chi connectivity index (χ0) is 13.0. The monoisotopic (exact) mass is 258 g/mol. The molecule has 0 saturated carbocycles. The zero-order valence-electron chi connectivity index (χ0n) is 11.5. The topological polar surface area (TPSA) is 45.2 Å². The van der Waals surface area contributed by atoms with Gasteiger partial charge in [-0.25, -0.2) is 0 Å². The van der Waals surface area contributed by atoms with E-state index in [1.54, 1.807) is 0 Å². The first-order chi connectivity index (χ1) is 8.65. The number of ether oxygens (including phenoxy) is 2. The minimum Gasteiger partial charge on any atom is -0.390 e. The Kier molecular flexibility index (Phi) is 5.38. The van der Waals surface area contributed by atoms with Crippen LogP contribution in [-0.2, 0) is 9.47 Å². The second-order valence-corrected chi connectivity index (χ2v) is 5.51. The van der Waals surface area contributed by atoms with Crippen molar-refractivity contribution in [1.82, 2.24) is 9.80 Å². The van der Waals surface area contributed by atoms with Crippen molar-refractivity contribution < 1.29 is 14.6 Å². The van der Waals surface area contributed by atoms with Gasteiger partial charge >= 0.3 is 0 Å². The Morgan fingerprint density at radius 3 is 2.67 bits per heavy atom. The van der Waals surface area contributed by atoms with E-state index in [-0.39, 0.29) is 12.2 Å². The highest BCUT2D eigenvalue weighted by atomic mass is 16.5. The van der Waals surface area contributed by atoms with Gasteiger partial charge in [-0.1, -0.05) is 0 Å². The minimum atomic E-state index is -0.282. The molecule has 1 N–H and O–H groups in total. The molecule has 2 saturated heterocycles. The molecule has 5 heteroatoms. The molecule has 3 unspecified atom stereocenters. The molecular weight excluding hydrogens is 232 g/mol. The van der Waals surface area contributed by atoms with E-state index in [0.29, 0.717) is 6.04 Å². The van der Waals surface area contributed by atoms with Crippen molar-refractivity contribution >= 4 is 0 Å². The minimum absolute atomic E-state index is 0.275. The Balaban J connectivity index is 1.73. The number of aliphatic hydroxyl groups excluding tert-OH is 1. The van der Waals surface area contributed by atoms with Gasteiger partial charge in [0.25, 0.3) is 0 Å². The first kappa shape index (κ1) is 14.2. The van der Waals surface area contributed by atoms with Crippen molar-refractivity contribution in [3.05, 3.63) is 0 Å². The molecule has 2 aliphatic rings. The lowest BCUT2D eigenvalue weighted by atomic mass is 10.1. The highest BCUT2D eigenvalue weighted by molar-refractivity contribution is 4.79. The summed E-state index contributed by atoms with van der Waals surface area (Å²) in [4.78, 5) is 4.61. The highest BCUT2D eigenvalue weighted by Crippen LogP contribution is 2.12. The molecule has 2 heterocycles. The summed E-state index contributed by atoms with van der Waals surface area (Å²) in [6.07, 6.45) is -0.00682. The van der Waals surface area contributed by atoms with Crippen molar-refractivity contribution in [3.63, 3.8) is 0 Å². The van der Waals surface area contributed by atoms with E-state index >= 15 is 0 Å². The molecule has 2 aliphatic heterocycles. The fourth-order valence-corrected chi connectivity index (χ4v) is 2.64. The average molecular weight is 258 g/mol. The van der Waals surface area contributed by atoms with Gasteiger partial charge < -0.3 is 14.6 Å². The van der Waals surface area contributed by atoms with Crippen LogP contribution in [0.3, 0.4) is 0 Å². The fraction of sp³-hybridized carbons (Fsp3) is 1.00. The summed E-state index contributed by atoms with van der Waals surface area (Å²) in [6.45, 7) is 10.9. The van der Waals surface area contributed by atoms with Crippen molar-refractivity contribution in [2.24, 2.45) is 0 Å². The van der Waals surface area contributed by atoms with Crippen LogP contribution in [0.25, 0.3) is 0 Å². The molecular formula is C13H26N2O3. The van der Waals surface area contributed by atoms with Crippen LogP contribution in [0, 0.1) is 0 Å². The second-order valence-electron chi connectivity index (χ2n) is 5.51. The molecule has 2 rings (SSSR count). The molecule has 2 fully saturated rings. The lowest BCUT2D eigenvalue weighted by molar-refractivity contribution is -0.0666. The molecule has 106 valence electrons. The number of hydrogen-bond donors (Lipinski definition) is 1. The molecule has 0 aromatic carbocycles. The van der Waals surface area contributed by atoms with Gasteiger partial charge in [0.15, 0.2) is 0 Å². The largest absolute Gasteiger partial charge is 0.390 e. The predicted octanol–water partition coefficient (Wildman–Crippen LogP) is -0.211. The Hall–Kier alpha value is -0.200. The summed E-state index contributed by atoms with van der Waals surface area (Å²) < 4.78 is 10.9. The third-order valence-corrected chi connectivity index (χ3v) is 3.75. The quantitative estimate of drug-likeness (QED) is 0.756. The number of nitrogens with zero attached hydrogens (tertiary/aromatic N) is 2. The summed E-state index contributed by atoms with van der Waals surface area (Å²) >= 11 is 0. The van der Waals surface area contributed by atoms with E-state index < -0.39 is 0 Å². The number of rotatable bonds is 4. The number of morpholine rings is 2. The molecule has 0 radical (unpaired) electrons. The summed E-state index contributed by atoms with van der Waals surface area (Å²) in [7, 11) is 0. The van der Waals surface area contributed by atoms with E-state index in [9.17, 15) is 5.11 Å². The van der Waals surface area contributed by atoms with E-state index in [4.69, 9.17) is 9.47 Å². The maximum atomic E-state index is 10.2. The molecule has 0 aromatic heterocycles. The van der Waals surface area contributed by atoms with Gasteiger partial charge in [0, 0.05) is 38.8 Å². The molecule has 5 nitrogen and oxygen atoms in total. The molecule has 0 aliphatic carbocycles. The van der Waals surface area contributed by atoms with E-state index in [1.165, 1.54) is 0 Å². The van der Waals surface area contributed by atoms with Crippen LogP contribution in [-0.4, -0.2) is 85.7 Å². The third-order valence-electron chi connectivity index (χ3n) is 3.75. The van der Waals surface area contributed by atoms with Crippen LogP contribution in [0.5, 0.6) is 0 Å². The van der Waals surface area contributed by atoms with Crippen molar-refractivity contribution in [2.45, 2.75) is 32.1 Å². The van der Waals surface area contributed by atoms with Gasteiger partial charge in [0.05, 0.1) is 32.0 Å². The summed E-state index contributed by atoms with van der Waals surface area (Å²) in [5.74, 6) is 0. The van der Waals surface area contributed by atoms with Crippen LogP contribution in [0.4, 0.5) is 0 Å². The second kappa shape index (κ2) is 6.82. The lowest BCUT2D eigenvalue weighted by Gasteiger charge is -2.38. The molecule has 0 spiro atoms. The van der Waals surface area contributed by atoms with E-state index in [2.05, 4.69) is 23.6 Å². The van der Waals surface area contributed by atoms with Gasteiger partial charge in [0.1, 0.15) is 0 Å². The smallest absolute Gasteiger partial charge is 0.0793 e. The molecule has 0 aromatic rings. The summed E-state index contributed by atoms with van der Waals surface area (Å²) in [5, 5.41) is 10.2. The normalized spacial score (nSPS) is 33.5. The molecule has 3 atom stereocenters. The summed E-state index contributed by atoms with van der Waals surface area (Å²) in [6, 6.07) is 0.403. The highest BCUT2D eigenvalue weighted by Gasteiger charge is 2.26. The predicted molar refractivity (Wildman–Crippen MR) is 69.7 cm³/mol. The van der Waals surface area contributed by atoms with Crippen LogP contribution >= 0.6 is 0 Å². The van der Waals surface area contributed by atoms with Gasteiger partial charge in [-0.3, -0.25) is 9.80 Å². The maximum absolute atomic E-state index is 10.2. The van der Waals surface area contributed by atoms with Gasteiger partial charge in [0.2, 0.25) is 0 Å².